The maximum Gasteiger partial charge on any atom is 0.279 e. The van der Waals surface area contributed by atoms with Crippen LogP contribution in [0, 0.1) is 6.92 Å². The zero-order valence-corrected chi connectivity index (χ0v) is 16.0. The Morgan fingerprint density at radius 1 is 1.14 bits per heavy atom. The van der Waals surface area contributed by atoms with Gasteiger partial charge in [0.25, 0.3) is 5.89 Å². The normalized spacial score (nSPS) is 11.3. The fraction of sp³-hybridized carbons (Fsp3) is 0.238. The largest absolute Gasteiger partial charge is 0.352 e. The first kappa shape index (κ1) is 17.9. The number of amides is 1. The molecule has 4 aromatic rings. The van der Waals surface area contributed by atoms with E-state index in [1.165, 1.54) is 0 Å². The summed E-state index contributed by atoms with van der Waals surface area (Å²) in [5.74, 6) is 0.738. The van der Waals surface area contributed by atoms with Gasteiger partial charge in [-0.2, -0.15) is 10.1 Å². The first-order valence-electron chi connectivity index (χ1n) is 9.17. The van der Waals surface area contributed by atoms with Gasteiger partial charge in [-0.3, -0.25) is 9.48 Å². The van der Waals surface area contributed by atoms with E-state index in [9.17, 15) is 4.79 Å². The predicted octanol–water partition coefficient (Wildman–Crippen LogP) is 3.59. The number of carbonyl (C=O) groups excluding carboxylic acids is 1. The van der Waals surface area contributed by atoms with Gasteiger partial charge in [0.15, 0.2) is 5.69 Å². The fourth-order valence-corrected chi connectivity index (χ4v) is 3.05. The van der Waals surface area contributed by atoms with Crippen LogP contribution in [0.5, 0.6) is 0 Å². The summed E-state index contributed by atoms with van der Waals surface area (Å²) in [5.41, 5.74) is 3.45. The van der Waals surface area contributed by atoms with Crippen molar-refractivity contribution in [3.63, 3.8) is 0 Å². The molecule has 1 amide bonds. The number of nitrogens with one attached hydrogen (secondary N) is 1. The lowest BCUT2D eigenvalue weighted by atomic mass is 10.1. The van der Waals surface area contributed by atoms with Crippen molar-refractivity contribution in [3.05, 3.63) is 54.1 Å². The van der Waals surface area contributed by atoms with Crippen molar-refractivity contribution < 1.29 is 9.32 Å². The second-order valence-electron chi connectivity index (χ2n) is 7.03. The Kier molecular flexibility index (Phi) is 4.65. The van der Waals surface area contributed by atoms with Gasteiger partial charge in [-0.15, -0.1) is 0 Å². The van der Waals surface area contributed by atoms with E-state index in [1.54, 1.807) is 4.68 Å². The topological polar surface area (TPSA) is 85.8 Å². The summed E-state index contributed by atoms with van der Waals surface area (Å²) in [6.45, 7) is 6.00. The van der Waals surface area contributed by atoms with E-state index in [-0.39, 0.29) is 18.5 Å². The molecule has 7 heteroatoms. The quantitative estimate of drug-likeness (QED) is 0.576. The maximum absolute atomic E-state index is 12.2. The number of carbonyl (C=O) groups is 1. The van der Waals surface area contributed by atoms with Gasteiger partial charge in [-0.1, -0.05) is 53.2 Å². The molecule has 142 valence electrons. The monoisotopic (exact) mass is 375 g/mol. The smallest absolute Gasteiger partial charge is 0.279 e. The van der Waals surface area contributed by atoms with E-state index < -0.39 is 0 Å². The van der Waals surface area contributed by atoms with Crippen LogP contribution >= 0.6 is 0 Å². The van der Waals surface area contributed by atoms with E-state index >= 15 is 0 Å². The van der Waals surface area contributed by atoms with Crippen LogP contribution in [-0.4, -0.2) is 31.9 Å². The lowest BCUT2D eigenvalue weighted by Gasteiger charge is -2.08. The van der Waals surface area contributed by atoms with E-state index in [4.69, 9.17) is 4.52 Å². The second-order valence-corrected chi connectivity index (χ2v) is 7.03. The van der Waals surface area contributed by atoms with Gasteiger partial charge < -0.3 is 9.84 Å². The molecule has 0 atom stereocenters. The summed E-state index contributed by atoms with van der Waals surface area (Å²) in [7, 11) is 0. The molecular weight excluding hydrogens is 354 g/mol. The molecule has 0 radical (unpaired) electrons. The molecule has 0 unspecified atom stereocenters. The molecule has 2 aromatic heterocycles. The SMILES string of the molecule is Cc1ccc(-c2noc(-c3nn(CC(=O)NC(C)C)c4ccccc34)n2)cc1. The highest BCUT2D eigenvalue weighted by atomic mass is 16.5. The number of para-hydroxylation sites is 1. The highest BCUT2D eigenvalue weighted by Crippen LogP contribution is 2.28. The Bertz CT molecular complexity index is 1130. The highest BCUT2D eigenvalue weighted by molar-refractivity contribution is 5.92. The van der Waals surface area contributed by atoms with Crippen molar-refractivity contribution in [2.45, 2.75) is 33.4 Å². The standard InChI is InChI=1S/C21H21N5O2/c1-13(2)22-18(27)12-26-17-7-5-4-6-16(17)19(24-26)21-23-20(25-28-21)15-10-8-14(3)9-11-15/h4-11,13H,12H2,1-3H3,(H,22,27). The van der Waals surface area contributed by atoms with Crippen LogP contribution in [0.1, 0.15) is 19.4 Å². The van der Waals surface area contributed by atoms with Gasteiger partial charge in [0.1, 0.15) is 6.54 Å². The minimum Gasteiger partial charge on any atom is -0.352 e. The van der Waals surface area contributed by atoms with Gasteiger partial charge in [0.2, 0.25) is 11.7 Å². The molecule has 4 rings (SSSR count). The number of nitrogens with zero attached hydrogens (tertiary/aromatic N) is 4. The lowest BCUT2D eigenvalue weighted by Crippen LogP contribution is -2.33. The molecule has 0 saturated heterocycles. The summed E-state index contributed by atoms with van der Waals surface area (Å²) >= 11 is 0. The Labute approximate surface area is 162 Å². The van der Waals surface area contributed by atoms with Gasteiger partial charge in [0, 0.05) is 17.0 Å². The van der Waals surface area contributed by atoms with Crippen LogP contribution in [0.2, 0.25) is 0 Å². The van der Waals surface area contributed by atoms with Crippen LogP contribution in [0.3, 0.4) is 0 Å². The Balaban J connectivity index is 1.71. The molecule has 0 saturated carbocycles. The second kappa shape index (κ2) is 7.26. The lowest BCUT2D eigenvalue weighted by molar-refractivity contribution is -0.122. The zero-order valence-electron chi connectivity index (χ0n) is 16.0. The number of hydrogen-bond donors (Lipinski definition) is 1. The molecule has 0 spiro atoms. The molecular formula is C21H21N5O2. The Hall–Kier alpha value is -3.48. The Morgan fingerprint density at radius 2 is 1.89 bits per heavy atom. The molecule has 7 nitrogen and oxygen atoms in total. The summed E-state index contributed by atoms with van der Waals surface area (Å²) in [5, 5.41) is 12.4. The van der Waals surface area contributed by atoms with Gasteiger partial charge in [-0.25, -0.2) is 0 Å². The third-order valence-corrected chi connectivity index (χ3v) is 4.34. The van der Waals surface area contributed by atoms with Crippen molar-refractivity contribution in [1.82, 2.24) is 25.2 Å². The summed E-state index contributed by atoms with van der Waals surface area (Å²) in [4.78, 5) is 16.7. The first-order valence-corrected chi connectivity index (χ1v) is 9.17. The molecule has 2 heterocycles. The van der Waals surface area contributed by atoms with Gasteiger partial charge in [-0.05, 0) is 26.8 Å². The molecule has 2 aromatic carbocycles. The van der Waals surface area contributed by atoms with Crippen LogP contribution in [0.4, 0.5) is 0 Å². The number of benzene rings is 2. The number of fused-ring (bicyclic) bond motifs is 1. The third-order valence-electron chi connectivity index (χ3n) is 4.34. The highest BCUT2D eigenvalue weighted by Gasteiger charge is 2.19. The van der Waals surface area contributed by atoms with Crippen molar-refractivity contribution in [2.75, 3.05) is 0 Å². The van der Waals surface area contributed by atoms with Crippen molar-refractivity contribution in [3.8, 4) is 23.0 Å². The third kappa shape index (κ3) is 3.51. The van der Waals surface area contributed by atoms with Crippen LogP contribution in [-0.2, 0) is 11.3 Å². The maximum atomic E-state index is 12.2. The van der Waals surface area contributed by atoms with Crippen LogP contribution < -0.4 is 5.32 Å². The van der Waals surface area contributed by atoms with E-state index in [0.717, 1.165) is 22.0 Å². The average Bonchev–Trinajstić information content (AvgIpc) is 3.27. The van der Waals surface area contributed by atoms with Crippen molar-refractivity contribution in [1.29, 1.82) is 0 Å². The molecule has 0 fully saturated rings. The van der Waals surface area contributed by atoms with Crippen molar-refractivity contribution >= 4 is 16.8 Å². The molecule has 0 bridgehead atoms. The summed E-state index contributed by atoms with van der Waals surface area (Å²) in [6, 6.07) is 15.7. The molecule has 28 heavy (non-hydrogen) atoms. The minimum absolute atomic E-state index is 0.0711. The van der Waals surface area contributed by atoms with Gasteiger partial charge >= 0.3 is 0 Å². The molecule has 1 N–H and O–H groups in total. The van der Waals surface area contributed by atoms with Crippen molar-refractivity contribution in [2.24, 2.45) is 0 Å². The molecule has 0 aliphatic carbocycles. The van der Waals surface area contributed by atoms with E-state index in [0.29, 0.717) is 17.4 Å². The van der Waals surface area contributed by atoms with Crippen LogP contribution in [0.25, 0.3) is 33.9 Å². The first-order chi connectivity index (χ1) is 13.5. The molecule has 0 aliphatic rings. The Morgan fingerprint density at radius 3 is 2.64 bits per heavy atom. The summed E-state index contributed by atoms with van der Waals surface area (Å²) in [6.07, 6.45) is 0. The zero-order chi connectivity index (χ0) is 19.7. The average molecular weight is 375 g/mol. The van der Waals surface area contributed by atoms with Gasteiger partial charge in [0.05, 0.1) is 5.52 Å². The summed E-state index contributed by atoms with van der Waals surface area (Å²) < 4.78 is 7.15. The van der Waals surface area contributed by atoms with Crippen LogP contribution in [0.15, 0.2) is 53.1 Å². The number of aromatic nitrogens is 4. The fourth-order valence-electron chi connectivity index (χ4n) is 3.05. The molecule has 0 aliphatic heterocycles. The minimum atomic E-state index is -0.0966. The number of hydrogen-bond acceptors (Lipinski definition) is 5. The number of aryl methyl sites for hydroxylation is 1. The number of rotatable bonds is 5. The van der Waals surface area contributed by atoms with E-state index in [1.807, 2.05) is 69.3 Å². The van der Waals surface area contributed by atoms with E-state index in [2.05, 4.69) is 20.6 Å². The predicted molar refractivity (Wildman–Crippen MR) is 106 cm³/mol.